The van der Waals surface area contributed by atoms with E-state index in [9.17, 15) is 0 Å². The first-order chi connectivity index (χ1) is 11.2. The minimum atomic E-state index is 0.692. The van der Waals surface area contributed by atoms with E-state index in [1.807, 2.05) is 24.3 Å². The zero-order valence-corrected chi connectivity index (χ0v) is 14.4. The van der Waals surface area contributed by atoms with E-state index in [0.29, 0.717) is 6.61 Å². The number of hydrogen-bond acceptors (Lipinski definition) is 4. The summed E-state index contributed by atoms with van der Waals surface area (Å²) >= 11 is 1.66. The highest BCUT2D eigenvalue weighted by molar-refractivity contribution is 7.13. The van der Waals surface area contributed by atoms with E-state index >= 15 is 0 Å². The lowest BCUT2D eigenvalue weighted by molar-refractivity contribution is 0.187. The van der Waals surface area contributed by atoms with Crippen molar-refractivity contribution in [2.24, 2.45) is 0 Å². The molecule has 0 aliphatic rings. The van der Waals surface area contributed by atoms with Crippen LogP contribution < -0.4 is 4.74 Å². The molecule has 5 heteroatoms. The summed E-state index contributed by atoms with van der Waals surface area (Å²) in [5.74, 6) is 0.856. The largest absolute Gasteiger partial charge is 0.497 e. The second kappa shape index (κ2) is 6.98. The molecule has 0 spiro atoms. The predicted octanol–water partition coefficient (Wildman–Crippen LogP) is 4.24. The van der Waals surface area contributed by atoms with Crippen molar-refractivity contribution in [3.05, 3.63) is 47.5 Å². The third-order valence-electron chi connectivity index (χ3n) is 3.82. The van der Waals surface area contributed by atoms with Crippen molar-refractivity contribution in [3.63, 3.8) is 0 Å². The first kappa shape index (κ1) is 15.8. The second-order valence-corrected chi connectivity index (χ2v) is 6.13. The third kappa shape index (κ3) is 3.30. The smallest absolute Gasteiger partial charge is 0.124 e. The van der Waals surface area contributed by atoms with E-state index in [-0.39, 0.29) is 0 Å². The fraction of sp³-hybridized carbons (Fsp3) is 0.278. The monoisotopic (exact) mass is 328 g/mol. The number of benzene rings is 1. The van der Waals surface area contributed by atoms with Gasteiger partial charge in [0.2, 0.25) is 0 Å². The van der Waals surface area contributed by atoms with Crippen molar-refractivity contribution in [2.45, 2.75) is 13.5 Å². The fourth-order valence-corrected chi connectivity index (χ4v) is 3.35. The molecule has 0 aliphatic heterocycles. The van der Waals surface area contributed by atoms with Gasteiger partial charge in [0.1, 0.15) is 10.8 Å². The Morgan fingerprint density at radius 3 is 2.57 bits per heavy atom. The van der Waals surface area contributed by atoms with Gasteiger partial charge < -0.3 is 14.0 Å². The normalized spacial score (nSPS) is 10.9. The second-order valence-electron chi connectivity index (χ2n) is 5.27. The van der Waals surface area contributed by atoms with Gasteiger partial charge in [0.25, 0.3) is 0 Å². The number of aryl methyl sites for hydroxylation is 1. The van der Waals surface area contributed by atoms with Crippen LogP contribution >= 0.6 is 11.3 Å². The van der Waals surface area contributed by atoms with E-state index in [2.05, 4.69) is 29.0 Å². The summed E-state index contributed by atoms with van der Waals surface area (Å²) in [5.41, 5.74) is 4.46. The Morgan fingerprint density at radius 1 is 1.09 bits per heavy atom. The molecule has 0 N–H and O–H groups in total. The van der Waals surface area contributed by atoms with Crippen LogP contribution in [-0.2, 0) is 11.3 Å². The molecule has 23 heavy (non-hydrogen) atoms. The van der Waals surface area contributed by atoms with E-state index in [1.165, 1.54) is 5.69 Å². The van der Waals surface area contributed by atoms with E-state index in [4.69, 9.17) is 14.5 Å². The Kier molecular flexibility index (Phi) is 4.79. The van der Waals surface area contributed by atoms with Crippen LogP contribution in [0.5, 0.6) is 5.75 Å². The zero-order chi connectivity index (χ0) is 16.2. The average molecular weight is 328 g/mol. The van der Waals surface area contributed by atoms with Gasteiger partial charge in [0.15, 0.2) is 0 Å². The maximum atomic E-state index is 5.21. The van der Waals surface area contributed by atoms with Crippen LogP contribution in [0.15, 0.2) is 41.8 Å². The molecule has 0 saturated heterocycles. The van der Waals surface area contributed by atoms with Crippen LogP contribution in [0.1, 0.15) is 5.69 Å². The quantitative estimate of drug-likeness (QED) is 0.679. The Morgan fingerprint density at radius 2 is 1.87 bits per heavy atom. The number of rotatable bonds is 6. The van der Waals surface area contributed by atoms with Crippen molar-refractivity contribution < 1.29 is 9.47 Å². The number of methoxy groups -OCH3 is 2. The summed E-state index contributed by atoms with van der Waals surface area (Å²) in [6.45, 7) is 3.63. The minimum Gasteiger partial charge on any atom is -0.497 e. The van der Waals surface area contributed by atoms with Crippen molar-refractivity contribution >= 4 is 11.3 Å². The van der Waals surface area contributed by atoms with E-state index < -0.39 is 0 Å². The highest BCUT2D eigenvalue weighted by Gasteiger charge is 2.12. The first-order valence-electron chi connectivity index (χ1n) is 7.48. The molecule has 0 atom stereocenters. The van der Waals surface area contributed by atoms with Crippen LogP contribution in [0.4, 0.5) is 0 Å². The Bertz CT molecular complexity index is 775. The molecule has 0 amide bonds. The summed E-state index contributed by atoms with van der Waals surface area (Å²) in [4.78, 5) is 4.80. The molecule has 4 nitrogen and oxygen atoms in total. The first-order valence-corrected chi connectivity index (χ1v) is 8.36. The summed E-state index contributed by atoms with van der Waals surface area (Å²) in [6.07, 6.45) is 0. The summed E-state index contributed by atoms with van der Waals surface area (Å²) < 4.78 is 12.7. The lowest BCUT2D eigenvalue weighted by Gasteiger charge is -2.09. The number of ether oxygens (including phenoxy) is 2. The molecule has 1 aromatic carbocycles. The van der Waals surface area contributed by atoms with Gasteiger partial charge in [-0.3, -0.25) is 0 Å². The molecule has 120 valence electrons. The lowest BCUT2D eigenvalue weighted by Crippen LogP contribution is -2.07. The maximum Gasteiger partial charge on any atom is 0.124 e. The van der Waals surface area contributed by atoms with Crippen LogP contribution in [-0.4, -0.2) is 30.4 Å². The molecular weight excluding hydrogens is 308 g/mol. The molecule has 0 radical (unpaired) electrons. The SMILES string of the molecule is COCCn1c(C)ccc1-c1csc(-c2ccc(OC)cc2)n1. The number of aromatic nitrogens is 2. The van der Waals surface area contributed by atoms with Crippen LogP contribution in [0.2, 0.25) is 0 Å². The molecule has 0 unspecified atom stereocenters. The summed E-state index contributed by atoms with van der Waals surface area (Å²) in [7, 11) is 3.40. The van der Waals surface area contributed by atoms with Gasteiger partial charge in [-0.25, -0.2) is 4.98 Å². The number of hydrogen-bond donors (Lipinski definition) is 0. The topological polar surface area (TPSA) is 36.3 Å². The number of thiazole rings is 1. The van der Waals surface area contributed by atoms with Crippen LogP contribution in [0.3, 0.4) is 0 Å². The summed E-state index contributed by atoms with van der Waals surface area (Å²) in [6, 6.07) is 12.2. The Labute approximate surface area is 140 Å². The highest BCUT2D eigenvalue weighted by atomic mass is 32.1. The van der Waals surface area contributed by atoms with Crippen LogP contribution in [0.25, 0.3) is 22.0 Å². The van der Waals surface area contributed by atoms with Gasteiger partial charge in [-0.15, -0.1) is 11.3 Å². The molecule has 0 fully saturated rings. The molecule has 2 aromatic heterocycles. The van der Waals surface area contributed by atoms with Crippen molar-refractivity contribution in [2.75, 3.05) is 20.8 Å². The van der Waals surface area contributed by atoms with Gasteiger partial charge in [0, 0.05) is 30.3 Å². The molecule has 0 saturated carbocycles. The standard InChI is InChI=1S/C18H20N2O2S/c1-13-4-9-17(20(13)10-11-21-2)16-12-23-18(19-16)14-5-7-15(22-3)8-6-14/h4-9,12H,10-11H2,1-3H3. The van der Waals surface area contributed by atoms with Crippen molar-refractivity contribution in [3.8, 4) is 27.7 Å². The van der Waals surface area contributed by atoms with Gasteiger partial charge >= 0.3 is 0 Å². The van der Waals surface area contributed by atoms with E-state index in [1.54, 1.807) is 25.6 Å². The van der Waals surface area contributed by atoms with Crippen LogP contribution in [0, 0.1) is 6.92 Å². The average Bonchev–Trinajstić information content (AvgIpc) is 3.20. The molecule has 3 rings (SSSR count). The van der Waals surface area contributed by atoms with Gasteiger partial charge in [-0.1, -0.05) is 0 Å². The van der Waals surface area contributed by atoms with Crippen molar-refractivity contribution in [1.29, 1.82) is 0 Å². The molecule has 2 heterocycles. The predicted molar refractivity (Wildman–Crippen MR) is 94.1 cm³/mol. The molecular formula is C18H20N2O2S. The van der Waals surface area contributed by atoms with Crippen molar-refractivity contribution in [1.82, 2.24) is 9.55 Å². The summed E-state index contributed by atoms with van der Waals surface area (Å²) in [5, 5.41) is 3.12. The Balaban J connectivity index is 1.89. The Hall–Kier alpha value is -2.11. The fourth-order valence-electron chi connectivity index (χ4n) is 2.53. The zero-order valence-electron chi connectivity index (χ0n) is 13.6. The lowest BCUT2D eigenvalue weighted by atomic mass is 10.2. The van der Waals surface area contributed by atoms with Gasteiger partial charge in [-0.2, -0.15) is 0 Å². The minimum absolute atomic E-state index is 0.692. The number of nitrogens with zero attached hydrogens (tertiary/aromatic N) is 2. The van der Waals surface area contributed by atoms with Gasteiger partial charge in [0.05, 0.1) is 25.1 Å². The van der Waals surface area contributed by atoms with E-state index in [0.717, 1.165) is 34.3 Å². The third-order valence-corrected chi connectivity index (χ3v) is 4.71. The highest BCUT2D eigenvalue weighted by Crippen LogP contribution is 2.30. The molecule has 0 aliphatic carbocycles. The molecule has 0 bridgehead atoms. The maximum absolute atomic E-state index is 5.21. The molecule has 3 aromatic rings. The van der Waals surface area contributed by atoms with Gasteiger partial charge in [-0.05, 0) is 43.3 Å².